The van der Waals surface area contributed by atoms with E-state index in [2.05, 4.69) is 4.90 Å². The molecule has 0 amide bonds. The van der Waals surface area contributed by atoms with Gasteiger partial charge in [0.2, 0.25) is 0 Å². The Morgan fingerprint density at radius 1 is 1.11 bits per heavy atom. The molecular weight excluding hydrogens is 409 g/mol. The van der Waals surface area contributed by atoms with Gasteiger partial charge in [0, 0.05) is 30.3 Å². The molecule has 8 heteroatoms. The molecule has 0 atom stereocenters. The number of aromatic nitrogens is 2. The predicted octanol–water partition coefficient (Wildman–Crippen LogP) is 3.50. The molecule has 2 aromatic rings. The Morgan fingerprint density at radius 2 is 1.74 bits per heavy atom. The summed E-state index contributed by atoms with van der Waals surface area (Å²) in [6.07, 6.45) is 4.97. The minimum absolute atomic E-state index is 0.342. The topological polar surface area (TPSA) is 47.5 Å². The van der Waals surface area contributed by atoms with E-state index in [1.165, 1.54) is 14.2 Å². The van der Waals surface area contributed by atoms with Gasteiger partial charge in [0.15, 0.2) is 5.82 Å². The first-order chi connectivity index (χ1) is 13.0. The van der Waals surface area contributed by atoms with Gasteiger partial charge in [-0.2, -0.15) is 0 Å². The second kappa shape index (κ2) is 8.55. The predicted molar refractivity (Wildman–Crippen MR) is 112 cm³/mol. The van der Waals surface area contributed by atoms with Crippen LogP contribution in [0.25, 0.3) is 23.5 Å². The van der Waals surface area contributed by atoms with Crippen molar-refractivity contribution in [1.82, 2.24) is 9.97 Å². The maximum atomic E-state index is 6.56. The summed E-state index contributed by atoms with van der Waals surface area (Å²) in [5.74, 6) is 2.51. The third-order valence-corrected chi connectivity index (χ3v) is 5.37. The number of rotatable bonds is 5. The van der Waals surface area contributed by atoms with Crippen LogP contribution in [0.3, 0.4) is 0 Å². The maximum absolute atomic E-state index is 6.56. The van der Waals surface area contributed by atoms with E-state index in [1.807, 2.05) is 19.1 Å². The molecule has 1 fully saturated rings. The smallest absolute Gasteiger partial charge is 0.165 e. The lowest BCUT2D eigenvalue weighted by Crippen LogP contribution is -2.45. The Kier molecular flexibility index (Phi) is 6.35. The van der Waals surface area contributed by atoms with Gasteiger partial charge in [0.05, 0.1) is 35.2 Å². The van der Waals surface area contributed by atoms with Crippen LogP contribution in [-0.4, -0.2) is 43.2 Å². The van der Waals surface area contributed by atoms with E-state index in [4.69, 9.17) is 54.2 Å². The fraction of sp³-hybridized carbons (Fsp3) is 0.368. The van der Waals surface area contributed by atoms with Crippen LogP contribution in [0.5, 0.6) is 11.5 Å². The third-order valence-electron chi connectivity index (χ3n) is 4.46. The zero-order valence-corrected chi connectivity index (χ0v) is 17.6. The van der Waals surface area contributed by atoms with E-state index in [-0.39, 0.29) is 0 Å². The maximum Gasteiger partial charge on any atom is 0.165 e. The summed E-state index contributed by atoms with van der Waals surface area (Å²) in [4.78, 5) is 11.7. The molecule has 0 aliphatic carbocycles. The number of halogens is 3. The summed E-state index contributed by atoms with van der Waals surface area (Å²) in [6, 6.07) is 1.65. The van der Waals surface area contributed by atoms with Crippen molar-refractivity contribution in [3.05, 3.63) is 26.7 Å². The highest BCUT2D eigenvalue weighted by Gasteiger charge is 2.24. The molecule has 2 heterocycles. The average molecular weight is 429 g/mol. The molecule has 0 bridgehead atoms. The number of methoxy groups -OCH3 is 2. The Labute approximate surface area is 173 Å². The molecule has 0 unspecified atom stereocenters. The Bertz CT molecular complexity index is 947. The van der Waals surface area contributed by atoms with Crippen molar-refractivity contribution in [1.29, 1.82) is 0 Å². The van der Waals surface area contributed by atoms with E-state index in [9.17, 15) is 0 Å². The van der Waals surface area contributed by atoms with E-state index in [0.717, 1.165) is 35.9 Å². The zero-order chi connectivity index (χ0) is 19.6. The van der Waals surface area contributed by atoms with Gasteiger partial charge in [-0.25, -0.2) is 9.97 Å². The van der Waals surface area contributed by atoms with Gasteiger partial charge < -0.3 is 14.4 Å². The molecular formula is C19H20Cl3N3O2. The molecule has 5 nitrogen and oxygen atoms in total. The fourth-order valence-corrected chi connectivity index (χ4v) is 3.75. The zero-order valence-electron chi connectivity index (χ0n) is 15.4. The number of benzene rings is 1. The van der Waals surface area contributed by atoms with E-state index in [1.54, 1.807) is 6.07 Å². The second-order valence-corrected chi connectivity index (χ2v) is 7.01. The van der Waals surface area contributed by atoms with E-state index >= 15 is 0 Å². The lowest BCUT2D eigenvalue weighted by Gasteiger charge is -2.32. The average Bonchev–Trinajstić information content (AvgIpc) is 2.62. The van der Waals surface area contributed by atoms with Crippen LogP contribution in [0.1, 0.15) is 13.3 Å². The van der Waals surface area contributed by atoms with Gasteiger partial charge in [-0.3, -0.25) is 0 Å². The number of hydrogen-bond donors (Lipinski definition) is 0. The largest absolute Gasteiger partial charge is 0.495 e. The first kappa shape index (κ1) is 20.1. The van der Waals surface area contributed by atoms with Gasteiger partial charge in [-0.05, 0) is 13.3 Å². The number of nitrogens with zero attached hydrogens (tertiary/aromatic N) is 3. The SMILES string of the molecule is C/C=c1/nc(-c2c(Cl)c(OC)cc(OC)c2Cl)nc(N2CCC2)/c1=C/CCl. The lowest BCUT2D eigenvalue weighted by molar-refractivity contribution is 0.395. The van der Waals surface area contributed by atoms with E-state index in [0.29, 0.717) is 38.8 Å². The fourth-order valence-electron chi connectivity index (χ4n) is 2.93. The molecule has 27 heavy (non-hydrogen) atoms. The van der Waals surface area contributed by atoms with Crippen molar-refractivity contribution in [2.75, 3.05) is 38.1 Å². The summed E-state index contributed by atoms with van der Waals surface area (Å²) >= 11 is 19.1. The third kappa shape index (κ3) is 3.68. The van der Waals surface area contributed by atoms with Crippen LogP contribution in [0.4, 0.5) is 5.82 Å². The summed E-state index contributed by atoms with van der Waals surface area (Å²) < 4.78 is 10.7. The standard InChI is InChI=1S/C19H20Cl3N3O2/c1-4-12-11(6-7-20)19(25-8-5-9-25)24-18(23-12)15-16(21)13(26-2)10-14(27-3)17(15)22/h4,6,10H,5,7-9H2,1-3H3/b11-6+,12-4+. The monoisotopic (exact) mass is 427 g/mol. The van der Waals surface area contributed by atoms with Crippen molar-refractivity contribution in [2.24, 2.45) is 0 Å². The van der Waals surface area contributed by atoms with Gasteiger partial charge in [-0.1, -0.05) is 35.4 Å². The van der Waals surface area contributed by atoms with Crippen LogP contribution in [0, 0.1) is 0 Å². The van der Waals surface area contributed by atoms with Crippen LogP contribution in [-0.2, 0) is 0 Å². The van der Waals surface area contributed by atoms with Crippen molar-refractivity contribution in [3.63, 3.8) is 0 Å². The normalized spacial score (nSPS) is 15.1. The molecule has 0 N–H and O–H groups in total. The highest BCUT2D eigenvalue weighted by Crippen LogP contribution is 2.44. The van der Waals surface area contributed by atoms with Crippen molar-refractivity contribution < 1.29 is 9.47 Å². The number of hydrogen-bond acceptors (Lipinski definition) is 5. The summed E-state index contributed by atoms with van der Waals surface area (Å²) in [5, 5.41) is 2.37. The molecule has 0 saturated carbocycles. The molecule has 1 aromatic carbocycles. The summed E-state index contributed by atoms with van der Waals surface area (Å²) in [7, 11) is 3.07. The molecule has 0 spiro atoms. The van der Waals surface area contributed by atoms with Crippen molar-refractivity contribution in [2.45, 2.75) is 13.3 Å². The quantitative estimate of drug-likeness (QED) is 0.682. The van der Waals surface area contributed by atoms with Gasteiger partial charge >= 0.3 is 0 Å². The number of anilines is 1. The minimum Gasteiger partial charge on any atom is -0.495 e. The summed E-state index contributed by atoms with van der Waals surface area (Å²) in [5.41, 5.74) is 0.483. The first-order valence-corrected chi connectivity index (χ1v) is 9.80. The molecule has 1 aromatic heterocycles. The van der Waals surface area contributed by atoms with Crippen molar-refractivity contribution in [3.8, 4) is 22.9 Å². The molecule has 1 aliphatic rings. The van der Waals surface area contributed by atoms with Crippen LogP contribution >= 0.6 is 34.8 Å². The number of ether oxygens (including phenoxy) is 2. The molecule has 3 rings (SSSR count). The van der Waals surface area contributed by atoms with Crippen LogP contribution < -0.4 is 24.9 Å². The first-order valence-electron chi connectivity index (χ1n) is 8.51. The Morgan fingerprint density at radius 3 is 2.19 bits per heavy atom. The number of alkyl halides is 1. The van der Waals surface area contributed by atoms with E-state index < -0.39 is 0 Å². The lowest BCUT2D eigenvalue weighted by atomic mass is 10.1. The van der Waals surface area contributed by atoms with Gasteiger partial charge in [0.25, 0.3) is 0 Å². The Hall–Kier alpha value is -1.69. The molecule has 144 valence electrons. The van der Waals surface area contributed by atoms with Crippen molar-refractivity contribution >= 4 is 52.8 Å². The molecule has 1 aliphatic heterocycles. The molecule has 0 radical (unpaired) electrons. The van der Waals surface area contributed by atoms with Gasteiger partial charge in [-0.15, -0.1) is 11.6 Å². The minimum atomic E-state index is 0.342. The second-order valence-electron chi connectivity index (χ2n) is 5.94. The highest BCUT2D eigenvalue weighted by atomic mass is 35.5. The highest BCUT2D eigenvalue weighted by molar-refractivity contribution is 6.40. The van der Waals surface area contributed by atoms with Crippen LogP contribution in [0.2, 0.25) is 10.0 Å². The molecule has 1 saturated heterocycles. The van der Waals surface area contributed by atoms with Crippen LogP contribution in [0.15, 0.2) is 6.07 Å². The van der Waals surface area contributed by atoms with Gasteiger partial charge in [0.1, 0.15) is 17.3 Å². The summed E-state index contributed by atoms with van der Waals surface area (Å²) in [6.45, 7) is 3.80. The Balaban J connectivity index is 2.35.